The number of esters is 1. The Labute approximate surface area is 213 Å². The average molecular weight is 513 g/mol. The summed E-state index contributed by atoms with van der Waals surface area (Å²) in [6, 6.07) is 8.02. The normalized spacial score (nSPS) is 33.0. The Morgan fingerprint density at radius 2 is 2.00 bits per heavy atom. The SMILES string of the molecule is CC=C1C[NH+]2CC=c3c([n-]c4ccccc34)=C2CC1C(=COC1OC(CO)C(O)C(O)C1O)C(=O)OC. The van der Waals surface area contributed by atoms with E-state index in [1.165, 1.54) is 18.3 Å². The summed E-state index contributed by atoms with van der Waals surface area (Å²) in [7, 11) is 1.28. The highest BCUT2D eigenvalue weighted by molar-refractivity contribution is 5.90. The van der Waals surface area contributed by atoms with E-state index in [9.17, 15) is 25.2 Å². The van der Waals surface area contributed by atoms with Crippen molar-refractivity contribution in [2.45, 2.75) is 44.1 Å². The Kier molecular flexibility index (Phi) is 7.21. The van der Waals surface area contributed by atoms with Crippen LogP contribution in [0.2, 0.25) is 0 Å². The summed E-state index contributed by atoms with van der Waals surface area (Å²) in [6.45, 7) is 2.82. The first-order valence-electron chi connectivity index (χ1n) is 12.4. The molecule has 0 radical (unpaired) electrons. The van der Waals surface area contributed by atoms with E-state index >= 15 is 0 Å². The first-order chi connectivity index (χ1) is 17.9. The number of ether oxygens (including phenoxy) is 3. The molecule has 10 heteroatoms. The molecule has 0 amide bonds. The molecule has 2 saturated heterocycles. The van der Waals surface area contributed by atoms with Gasteiger partial charge in [-0.25, -0.2) is 4.79 Å². The predicted octanol–water partition coefficient (Wildman–Crippen LogP) is -2.58. The molecule has 7 unspecified atom stereocenters. The van der Waals surface area contributed by atoms with Gasteiger partial charge < -0.3 is 44.5 Å². The fourth-order valence-electron chi connectivity index (χ4n) is 5.51. The third-order valence-corrected chi connectivity index (χ3v) is 7.57. The number of nitrogens with one attached hydrogen (secondary N) is 1. The molecule has 37 heavy (non-hydrogen) atoms. The maximum Gasteiger partial charge on any atom is 0.337 e. The molecular formula is C27H32N2O8. The lowest BCUT2D eigenvalue weighted by atomic mass is 9.82. The molecule has 1 aromatic carbocycles. The molecule has 198 valence electrons. The van der Waals surface area contributed by atoms with E-state index in [0.717, 1.165) is 39.3 Å². The summed E-state index contributed by atoms with van der Waals surface area (Å²) in [5.41, 5.74) is 3.29. The molecule has 1 aromatic heterocycles. The lowest BCUT2D eigenvalue weighted by Gasteiger charge is -2.39. The zero-order chi connectivity index (χ0) is 26.3. The molecule has 7 atom stereocenters. The molecule has 5 rings (SSSR count). The number of aromatic nitrogens is 1. The van der Waals surface area contributed by atoms with Crippen LogP contribution in [0.4, 0.5) is 0 Å². The number of carbonyl (C=O) groups excluding carboxylic acids is 1. The monoisotopic (exact) mass is 512 g/mol. The lowest BCUT2D eigenvalue weighted by Crippen LogP contribution is -3.12. The van der Waals surface area contributed by atoms with Gasteiger partial charge in [-0.1, -0.05) is 35.7 Å². The number of quaternary nitrogens is 1. The second-order valence-electron chi connectivity index (χ2n) is 9.58. The first-order valence-corrected chi connectivity index (χ1v) is 12.4. The van der Waals surface area contributed by atoms with E-state index in [1.807, 2.05) is 31.2 Å². The number of carbonyl (C=O) groups is 1. The van der Waals surface area contributed by atoms with E-state index in [-0.39, 0.29) is 11.5 Å². The van der Waals surface area contributed by atoms with Gasteiger partial charge in [-0.05, 0) is 29.2 Å². The highest BCUT2D eigenvalue weighted by atomic mass is 16.7. The van der Waals surface area contributed by atoms with Crippen LogP contribution in [0.1, 0.15) is 13.3 Å². The van der Waals surface area contributed by atoms with Crippen LogP contribution in [0, 0.1) is 5.92 Å². The smallest absolute Gasteiger partial charge is 0.337 e. The number of benzene rings is 1. The van der Waals surface area contributed by atoms with Crippen LogP contribution in [0.3, 0.4) is 0 Å². The highest BCUT2D eigenvalue weighted by Gasteiger charge is 2.45. The second-order valence-corrected chi connectivity index (χ2v) is 9.58. The molecule has 2 aromatic rings. The number of aliphatic hydroxyl groups excluding tert-OH is 4. The number of para-hydroxylation sites is 1. The van der Waals surface area contributed by atoms with Crippen molar-refractivity contribution >= 4 is 28.6 Å². The summed E-state index contributed by atoms with van der Waals surface area (Å²) in [6.07, 6.45) is -1.30. The molecule has 10 nitrogen and oxygen atoms in total. The minimum atomic E-state index is -1.59. The number of methoxy groups -OCH3 is 1. The molecule has 2 fully saturated rings. The van der Waals surface area contributed by atoms with Crippen LogP contribution in [0.5, 0.6) is 0 Å². The van der Waals surface area contributed by atoms with Gasteiger partial charge in [-0.2, -0.15) is 0 Å². The fraction of sp³-hybridized carbons (Fsp3) is 0.444. The van der Waals surface area contributed by atoms with Gasteiger partial charge in [-0.3, -0.25) is 0 Å². The van der Waals surface area contributed by atoms with Gasteiger partial charge in [0.15, 0.2) is 0 Å². The van der Waals surface area contributed by atoms with Crippen LogP contribution < -0.4 is 20.5 Å². The Bertz CT molecular complexity index is 1360. The summed E-state index contributed by atoms with van der Waals surface area (Å²) in [5.74, 6) is -0.965. The number of fused-ring (bicyclic) bond motifs is 4. The molecular weight excluding hydrogens is 480 g/mol. The Morgan fingerprint density at radius 1 is 1.22 bits per heavy atom. The Balaban J connectivity index is 1.52. The van der Waals surface area contributed by atoms with Gasteiger partial charge in [0, 0.05) is 12.3 Å². The second kappa shape index (κ2) is 10.4. The van der Waals surface area contributed by atoms with Crippen molar-refractivity contribution in [2.75, 3.05) is 26.8 Å². The number of aliphatic hydroxyl groups is 4. The molecule has 0 spiro atoms. The number of hydrogen-bond donors (Lipinski definition) is 5. The van der Waals surface area contributed by atoms with Crippen LogP contribution >= 0.6 is 0 Å². The van der Waals surface area contributed by atoms with Crippen molar-refractivity contribution in [3.05, 3.63) is 58.3 Å². The van der Waals surface area contributed by atoms with Crippen LogP contribution in [0.15, 0.2) is 47.7 Å². The molecule has 0 aliphatic carbocycles. The van der Waals surface area contributed by atoms with Gasteiger partial charge in [-0.15, -0.1) is 5.52 Å². The van der Waals surface area contributed by atoms with E-state index in [1.54, 1.807) is 0 Å². The molecule has 5 N–H and O–H groups in total. The molecule has 0 bridgehead atoms. The minimum Gasteiger partial charge on any atom is -0.652 e. The van der Waals surface area contributed by atoms with Gasteiger partial charge >= 0.3 is 5.97 Å². The van der Waals surface area contributed by atoms with Gasteiger partial charge in [0.25, 0.3) is 0 Å². The van der Waals surface area contributed by atoms with Crippen molar-refractivity contribution in [3.8, 4) is 0 Å². The number of nitrogens with zero attached hydrogens (tertiary/aromatic N) is 1. The number of allylic oxidation sites excluding steroid dienone is 1. The summed E-state index contributed by atoms with van der Waals surface area (Å²) < 4.78 is 16.2. The van der Waals surface area contributed by atoms with E-state index in [0.29, 0.717) is 13.0 Å². The van der Waals surface area contributed by atoms with Gasteiger partial charge in [0.2, 0.25) is 6.29 Å². The zero-order valence-electron chi connectivity index (χ0n) is 20.7. The number of piperidine rings is 1. The molecule has 4 heterocycles. The first kappa shape index (κ1) is 25.7. The lowest BCUT2D eigenvalue weighted by molar-refractivity contribution is -0.818. The summed E-state index contributed by atoms with van der Waals surface area (Å²) in [4.78, 5) is 19.1. The topological polar surface area (TPSA) is 144 Å². The van der Waals surface area contributed by atoms with Gasteiger partial charge in [0.1, 0.15) is 37.5 Å². The Morgan fingerprint density at radius 3 is 2.73 bits per heavy atom. The quantitative estimate of drug-likeness (QED) is 0.126. The molecule has 3 aliphatic rings. The molecule has 3 aliphatic heterocycles. The third-order valence-electron chi connectivity index (χ3n) is 7.57. The van der Waals surface area contributed by atoms with E-state index in [2.05, 4.69) is 12.1 Å². The van der Waals surface area contributed by atoms with Crippen LogP contribution in [0.25, 0.3) is 22.7 Å². The summed E-state index contributed by atoms with van der Waals surface area (Å²) >= 11 is 0. The van der Waals surface area contributed by atoms with Crippen molar-refractivity contribution in [2.24, 2.45) is 5.92 Å². The number of rotatable bonds is 5. The fourth-order valence-corrected chi connectivity index (χ4v) is 5.51. The van der Waals surface area contributed by atoms with Crippen molar-refractivity contribution in [1.29, 1.82) is 0 Å². The zero-order valence-corrected chi connectivity index (χ0v) is 20.7. The number of hydrogen-bond acceptors (Lipinski definition) is 8. The van der Waals surface area contributed by atoms with Crippen molar-refractivity contribution < 1.29 is 44.3 Å². The third kappa shape index (κ3) is 4.50. The van der Waals surface area contributed by atoms with Crippen LogP contribution in [-0.2, 0) is 19.0 Å². The Hall–Kier alpha value is -2.99. The highest BCUT2D eigenvalue weighted by Crippen LogP contribution is 2.31. The van der Waals surface area contributed by atoms with Crippen LogP contribution in [-0.4, -0.2) is 83.9 Å². The predicted molar refractivity (Wildman–Crippen MR) is 132 cm³/mol. The standard InChI is InChI=1S/C27H31N2O8/c1-3-14-11-29-9-8-16-15-6-4-5-7-19(15)28-22(16)20(29)10-17(14)18(26(34)35-2)13-36-27-25(33)24(32)23(31)21(12-30)37-27/h3-8,13,17,21,23-25,27,30-33H,9-12H2,1-2H3/q-1/p+1. The minimum absolute atomic E-state index is 0.228. The van der Waals surface area contributed by atoms with E-state index in [4.69, 9.17) is 19.2 Å². The summed E-state index contributed by atoms with van der Waals surface area (Å²) in [5, 5.41) is 43.1. The van der Waals surface area contributed by atoms with Gasteiger partial charge in [0.05, 0.1) is 31.2 Å². The maximum absolute atomic E-state index is 12.9. The van der Waals surface area contributed by atoms with E-state index < -0.39 is 43.3 Å². The molecule has 0 saturated carbocycles. The average Bonchev–Trinajstić information content (AvgIpc) is 3.31. The van der Waals surface area contributed by atoms with Crippen molar-refractivity contribution in [1.82, 2.24) is 4.98 Å². The maximum atomic E-state index is 12.9. The van der Waals surface area contributed by atoms with Crippen molar-refractivity contribution in [3.63, 3.8) is 0 Å². The largest absolute Gasteiger partial charge is 0.652 e.